The van der Waals surface area contributed by atoms with Crippen LogP contribution < -0.4 is 5.32 Å². The quantitative estimate of drug-likeness (QED) is 0.743. The van der Waals surface area contributed by atoms with Crippen molar-refractivity contribution in [1.29, 1.82) is 0 Å². The van der Waals surface area contributed by atoms with Crippen LogP contribution in [0.2, 0.25) is 0 Å². The molecule has 0 spiro atoms. The Hall–Kier alpha value is -1.12. The third-order valence-electron chi connectivity index (χ3n) is 3.73. The van der Waals surface area contributed by atoms with Crippen molar-refractivity contribution in [3.8, 4) is 0 Å². The van der Waals surface area contributed by atoms with E-state index in [4.69, 9.17) is 0 Å². The maximum absolute atomic E-state index is 3.72. The third kappa shape index (κ3) is 4.69. The van der Waals surface area contributed by atoms with Gasteiger partial charge in [-0.2, -0.15) is 0 Å². The number of rotatable bonds is 6. The zero-order chi connectivity index (χ0) is 15.2. The van der Waals surface area contributed by atoms with Crippen LogP contribution in [0.15, 0.2) is 46.9 Å². The average molecular weight is 346 g/mol. The predicted molar refractivity (Wildman–Crippen MR) is 94.8 cm³/mol. The molecule has 2 aromatic carbocycles. The number of halogens is 1. The maximum atomic E-state index is 3.72. The Labute approximate surface area is 136 Å². The Balaban J connectivity index is 2.22. The minimum atomic E-state index is 0.350. The fraction of sp³-hybridized carbons (Fsp3) is 0.368. The number of hydrogen-bond donors (Lipinski definition) is 1. The highest BCUT2D eigenvalue weighted by Gasteiger charge is 2.14. The molecule has 2 aromatic rings. The molecule has 0 fully saturated rings. The molecule has 112 valence electrons. The summed E-state index contributed by atoms with van der Waals surface area (Å²) in [7, 11) is 0. The van der Waals surface area contributed by atoms with Crippen LogP contribution in [0.3, 0.4) is 0 Å². The van der Waals surface area contributed by atoms with Crippen molar-refractivity contribution in [3.05, 3.63) is 69.2 Å². The van der Waals surface area contributed by atoms with Gasteiger partial charge in [0.1, 0.15) is 0 Å². The highest BCUT2D eigenvalue weighted by molar-refractivity contribution is 9.10. The molecule has 1 N–H and O–H groups in total. The summed E-state index contributed by atoms with van der Waals surface area (Å²) < 4.78 is 1.20. The van der Waals surface area contributed by atoms with Crippen LogP contribution in [0.5, 0.6) is 0 Å². The standard InChI is InChI=1S/C19H24BrN/c1-4-11-21-19(13-16-8-5-14(2)6-9-16)17-10-7-15(3)12-18(17)20/h5-10,12,19,21H,4,11,13H2,1-3H3. The summed E-state index contributed by atoms with van der Waals surface area (Å²) in [4.78, 5) is 0. The van der Waals surface area contributed by atoms with Crippen molar-refractivity contribution in [2.45, 2.75) is 39.7 Å². The van der Waals surface area contributed by atoms with Crippen molar-refractivity contribution < 1.29 is 0 Å². The monoisotopic (exact) mass is 345 g/mol. The molecule has 21 heavy (non-hydrogen) atoms. The summed E-state index contributed by atoms with van der Waals surface area (Å²) in [6.07, 6.45) is 2.16. The molecule has 0 aliphatic heterocycles. The van der Waals surface area contributed by atoms with Gasteiger partial charge in [-0.25, -0.2) is 0 Å². The van der Waals surface area contributed by atoms with Gasteiger partial charge in [-0.05, 0) is 56.0 Å². The molecule has 0 saturated carbocycles. The number of aryl methyl sites for hydroxylation is 2. The molecule has 0 aliphatic rings. The molecule has 1 atom stereocenters. The smallest absolute Gasteiger partial charge is 0.0372 e. The summed E-state index contributed by atoms with van der Waals surface area (Å²) in [6, 6.07) is 15.8. The van der Waals surface area contributed by atoms with Gasteiger partial charge in [0.25, 0.3) is 0 Å². The lowest BCUT2D eigenvalue weighted by Crippen LogP contribution is -2.24. The molecular formula is C19H24BrN. The Morgan fingerprint density at radius 2 is 1.67 bits per heavy atom. The van der Waals surface area contributed by atoms with E-state index in [9.17, 15) is 0 Å². The predicted octanol–water partition coefficient (Wildman–Crippen LogP) is 5.35. The van der Waals surface area contributed by atoms with Crippen LogP contribution in [-0.2, 0) is 6.42 Å². The molecule has 1 nitrogen and oxygen atoms in total. The Morgan fingerprint density at radius 3 is 2.29 bits per heavy atom. The average Bonchev–Trinajstić information content (AvgIpc) is 2.46. The van der Waals surface area contributed by atoms with Gasteiger partial charge in [0.05, 0.1) is 0 Å². The Bertz CT molecular complexity index is 575. The van der Waals surface area contributed by atoms with Crippen LogP contribution in [0.4, 0.5) is 0 Å². The minimum Gasteiger partial charge on any atom is -0.310 e. The molecule has 0 aromatic heterocycles. The molecule has 0 radical (unpaired) electrons. The van der Waals surface area contributed by atoms with Gasteiger partial charge in [-0.3, -0.25) is 0 Å². The van der Waals surface area contributed by atoms with Gasteiger partial charge in [-0.15, -0.1) is 0 Å². The molecule has 0 amide bonds. The third-order valence-corrected chi connectivity index (χ3v) is 4.42. The van der Waals surface area contributed by atoms with Crippen molar-refractivity contribution >= 4 is 15.9 Å². The summed E-state index contributed by atoms with van der Waals surface area (Å²) in [5.41, 5.74) is 5.32. The fourth-order valence-electron chi connectivity index (χ4n) is 2.49. The van der Waals surface area contributed by atoms with E-state index in [0.29, 0.717) is 6.04 Å². The van der Waals surface area contributed by atoms with Crippen molar-refractivity contribution in [3.63, 3.8) is 0 Å². The van der Waals surface area contributed by atoms with Gasteiger partial charge in [0.2, 0.25) is 0 Å². The molecule has 1 unspecified atom stereocenters. The van der Waals surface area contributed by atoms with Gasteiger partial charge in [0, 0.05) is 10.5 Å². The largest absolute Gasteiger partial charge is 0.310 e. The second-order valence-corrected chi connectivity index (χ2v) is 6.58. The van der Waals surface area contributed by atoms with E-state index in [0.717, 1.165) is 19.4 Å². The second-order valence-electron chi connectivity index (χ2n) is 5.72. The van der Waals surface area contributed by atoms with Crippen LogP contribution in [0.25, 0.3) is 0 Å². The highest BCUT2D eigenvalue weighted by atomic mass is 79.9. The summed E-state index contributed by atoms with van der Waals surface area (Å²) >= 11 is 3.72. The van der Waals surface area contributed by atoms with Gasteiger partial charge in [0.15, 0.2) is 0 Å². The molecule has 0 bridgehead atoms. The molecule has 2 rings (SSSR count). The summed E-state index contributed by atoms with van der Waals surface area (Å²) in [6.45, 7) is 7.51. The number of hydrogen-bond acceptors (Lipinski definition) is 1. The van der Waals surface area contributed by atoms with Gasteiger partial charge < -0.3 is 5.32 Å². The first kappa shape index (κ1) is 16.3. The van der Waals surface area contributed by atoms with E-state index in [2.05, 4.69) is 84.5 Å². The van der Waals surface area contributed by atoms with E-state index >= 15 is 0 Å². The van der Waals surface area contributed by atoms with Crippen molar-refractivity contribution in [2.24, 2.45) is 0 Å². The molecule has 0 saturated heterocycles. The van der Waals surface area contributed by atoms with Crippen molar-refractivity contribution in [1.82, 2.24) is 5.32 Å². The van der Waals surface area contributed by atoms with E-state index in [1.54, 1.807) is 0 Å². The molecular weight excluding hydrogens is 322 g/mol. The highest BCUT2D eigenvalue weighted by Crippen LogP contribution is 2.27. The first-order valence-electron chi connectivity index (χ1n) is 7.65. The van der Waals surface area contributed by atoms with E-state index in [-0.39, 0.29) is 0 Å². The summed E-state index contributed by atoms with van der Waals surface area (Å²) in [5.74, 6) is 0. The topological polar surface area (TPSA) is 12.0 Å². The normalized spacial score (nSPS) is 12.4. The first-order valence-corrected chi connectivity index (χ1v) is 8.44. The Kier molecular flexibility index (Phi) is 6.01. The van der Waals surface area contributed by atoms with E-state index in [1.807, 2.05) is 0 Å². The van der Waals surface area contributed by atoms with Crippen LogP contribution in [-0.4, -0.2) is 6.54 Å². The van der Waals surface area contributed by atoms with E-state index in [1.165, 1.54) is 26.7 Å². The number of benzene rings is 2. The summed E-state index contributed by atoms with van der Waals surface area (Å²) in [5, 5.41) is 3.68. The van der Waals surface area contributed by atoms with Crippen LogP contribution in [0.1, 0.15) is 41.6 Å². The van der Waals surface area contributed by atoms with Gasteiger partial charge >= 0.3 is 0 Å². The fourth-order valence-corrected chi connectivity index (χ4v) is 3.25. The lowest BCUT2D eigenvalue weighted by molar-refractivity contribution is 0.527. The molecule has 0 heterocycles. The number of nitrogens with one attached hydrogen (secondary N) is 1. The zero-order valence-corrected chi connectivity index (χ0v) is 14.7. The second kappa shape index (κ2) is 7.77. The minimum absolute atomic E-state index is 0.350. The SMILES string of the molecule is CCCNC(Cc1ccc(C)cc1)c1ccc(C)cc1Br. The van der Waals surface area contributed by atoms with Gasteiger partial charge in [-0.1, -0.05) is 64.8 Å². The van der Waals surface area contributed by atoms with Crippen LogP contribution >= 0.6 is 15.9 Å². The lowest BCUT2D eigenvalue weighted by Gasteiger charge is -2.21. The first-order chi connectivity index (χ1) is 10.1. The van der Waals surface area contributed by atoms with E-state index < -0.39 is 0 Å². The maximum Gasteiger partial charge on any atom is 0.0372 e. The molecule has 0 aliphatic carbocycles. The van der Waals surface area contributed by atoms with Crippen molar-refractivity contribution in [2.75, 3.05) is 6.54 Å². The Morgan fingerprint density at radius 1 is 1.00 bits per heavy atom. The zero-order valence-electron chi connectivity index (χ0n) is 13.1. The lowest BCUT2D eigenvalue weighted by atomic mass is 9.97. The molecule has 2 heteroatoms. The van der Waals surface area contributed by atoms with Crippen LogP contribution in [0, 0.1) is 13.8 Å².